The maximum absolute atomic E-state index is 11.6. The molecule has 4 heteroatoms. The number of hydrogen-bond acceptors (Lipinski definition) is 2. The Morgan fingerprint density at radius 2 is 1.89 bits per heavy atom. The van der Waals surface area contributed by atoms with E-state index < -0.39 is 0 Å². The first-order chi connectivity index (χ1) is 8.92. The molecule has 0 spiro atoms. The highest BCUT2D eigenvalue weighted by Crippen LogP contribution is 2.20. The lowest BCUT2D eigenvalue weighted by molar-refractivity contribution is 0.239. The Hall–Kier alpha value is -1.84. The predicted octanol–water partition coefficient (Wildman–Crippen LogP) is 2.62. The molecule has 0 radical (unpaired) electrons. The summed E-state index contributed by atoms with van der Waals surface area (Å²) in [4.78, 5) is 15.6. The number of allylic oxidation sites excluding steroid dienone is 1. The monoisotopic (exact) mass is 261 g/mol. The summed E-state index contributed by atoms with van der Waals surface area (Å²) in [6.07, 6.45) is 5.52. The fourth-order valence-corrected chi connectivity index (χ4v) is 1.62. The number of rotatable bonds is 5. The van der Waals surface area contributed by atoms with Gasteiger partial charge in [0.25, 0.3) is 0 Å². The Morgan fingerprint density at radius 3 is 2.47 bits per heavy atom. The van der Waals surface area contributed by atoms with Gasteiger partial charge in [-0.1, -0.05) is 25.5 Å². The number of amides is 2. The summed E-state index contributed by atoms with van der Waals surface area (Å²) in [5, 5.41) is 5.69. The van der Waals surface area contributed by atoms with Gasteiger partial charge in [-0.05, 0) is 31.5 Å². The minimum atomic E-state index is -0.139. The van der Waals surface area contributed by atoms with E-state index in [0.717, 1.165) is 5.56 Å². The number of pyridine rings is 1. The second kappa shape index (κ2) is 6.92. The van der Waals surface area contributed by atoms with Gasteiger partial charge in [0.1, 0.15) is 0 Å². The standard InChI is InChI=1S/C15H23N3O/c1-12(2)5-10-17-14(19)18-11-15(3,4)13-6-8-16-9-7-13/h5-9H,10-11H2,1-4H3,(H2,17,18,19). The van der Waals surface area contributed by atoms with Gasteiger partial charge in [-0.2, -0.15) is 0 Å². The van der Waals surface area contributed by atoms with Gasteiger partial charge in [0.05, 0.1) is 0 Å². The van der Waals surface area contributed by atoms with Crippen molar-refractivity contribution in [3.8, 4) is 0 Å². The average molecular weight is 261 g/mol. The van der Waals surface area contributed by atoms with Crippen LogP contribution in [0.25, 0.3) is 0 Å². The normalized spacial score (nSPS) is 10.7. The molecule has 0 aliphatic rings. The molecular weight excluding hydrogens is 238 g/mol. The molecule has 0 aromatic carbocycles. The van der Waals surface area contributed by atoms with Gasteiger partial charge in [0.15, 0.2) is 0 Å². The van der Waals surface area contributed by atoms with Crippen molar-refractivity contribution in [2.75, 3.05) is 13.1 Å². The van der Waals surface area contributed by atoms with Crippen molar-refractivity contribution in [3.05, 3.63) is 41.7 Å². The molecule has 2 N–H and O–H groups in total. The minimum absolute atomic E-state index is 0.114. The van der Waals surface area contributed by atoms with Crippen molar-refractivity contribution in [2.24, 2.45) is 0 Å². The van der Waals surface area contributed by atoms with E-state index in [-0.39, 0.29) is 11.4 Å². The fraction of sp³-hybridized carbons (Fsp3) is 0.467. The number of carbonyl (C=O) groups excluding carboxylic acids is 1. The molecule has 0 atom stereocenters. The highest BCUT2D eigenvalue weighted by Gasteiger charge is 2.20. The molecule has 0 aliphatic heterocycles. The smallest absolute Gasteiger partial charge is 0.315 e. The second-order valence-electron chi connectivity index (χ2n) is 5.46. The first-order valence-corrected chi connectivity index (χ1v) is 6.47. The SMILES string of the molecule is CC(C)=CCNC(=O)NCC(C)(C)c1ccncc1. The first-order valence-electron chi connectivity index (χ1n) is 6.47. The summed E-state index contributed by atoms with van der Waals surface area (Å²) >= 11 is 0. The maximum atomic E-state index is 11.6. The topological polar surface area (TPSA) is 54.0 Å². The lowest BCUT2D eigenvalue weighted by Crippen LogP contribution is -2.42. The molecule has 1 aromatic heterocycles. The van der Waals surface area contributed by atoms with Crippen molar-refractivity contribution < 1.29 is 4.79 Å². The average Bonchev–Trinajstić information content (AvgIpc) is 2.37. The molecule has 1 aromatic rings. The Labute approximate surface area is 115 Å². The molecule has 0 bridgehead atoms. The van der Waals surface area contributed by atoms with Crippen LogP contribution in [0.15, 0.2) is 36.2 Å². The van der Waals surface area contributed by atoms with Gasteiger partial charge < -0.3 is 10.6 Å². The van der Waals surface area contributed by atoms with Crippen LogP contribution in [0.5, 0.6) is 0 Å². The molecule has 0 unspecified atom stereocenters. The van der Waals surface area contributed by atoms with Crippen LogP contribution < -0.4 is 10.6 Å². The molecule has 104 valence electrons. The zero-order chi connectivity index (χ0) is 14.3. The van der Waals surface area contributed by atoms with Gasteiger partial charge in [0.2, 0.25) is 0 Å². The fourth-order valence-electron chi connectivity index (χ4n) is 1.62. The molecule has 0 saturated carbocycles. The molecule has 4 nitrogen and oxygen atoms in total. The van der Waals surface area contributed by atoms with Crippen LogP contribution in [0, 0.1) is 0 Å². The van der Waals surface area contributed by atoms with E-state index in [2.05, 4.69) is 29.5 Å². The summed E-state index contributed by atoms with van der Waals surface area (Å²) in [5.41, 5.74) is 2.24. The molecular formula is C15H23N3O. The second-order valence-corrected chi connectivity index (χ2v) is 5.46. The van der Waals surface area contributed by atoms with E-state index in [0.29, 0.717) is 13.1 Å². The molecule has 1 rings (SSSR count). The third-order valence-corrected chi connectivity index (χ3v) is 2.93. The molecule has 1 heterocycles. The Morgan fingerprint density at radius 1 is 1.26 bits per heavy atom. The minimum Gasteiger partial charge on any atom is -0.337 e. The van der Waals surface area contributed by atoms with Crippen LogP contribution in [0.4, 0.5) is 4.79 Å². The van der Waals surface area contributed by atoms with Crippen molar-refractivity contribution in [1.82, 2.24) is 15.6 Å². The molecule has 2 amide bonds. The summed E-state index contributed by atoms with van der Waals surface area (Å²) in [6, 6.07) is 3.81. The Kier molecular flexibility index (Phi) is 5.55. The largest absolute Gasteiger partial charge is 0.337 e. The predicted molar refractivity (Wildman–Crippen MR) is 78.1 cm³/mol. The van der Waals surface area contributed by atoms with Crippen LogP contribution in [0.3, 0.4) is 0 Å². The first kappa shape index (κ1) is 15.2. The van der Waals surface area contributed by atoms with Crippen LogP contribution in [-0.4, -0.2) is 24.1 Å². The van der Waals surface area contributed by atoms with Gasteiger partial charge in [-0.15, -0.1) is 0 Å². The van der Waals surface area contributed by atoms with Gasteiger partial charge >= 0.3 is 6.03 Å². The number of aromatic nitrogens is 1. The Balaban J connectivity index is 2.43. The van der Waals surface area contributed by atoms with E-state index in [4.69, 9.17) is 0 Å². The van der Waals surface area contributed by atoms with Crippen molar-refractivity contribution >= 4 is 6.03 Å². The van der Waals surface area contributed by atoms with Gasteiger partial charge in [-0.3, -0.25) is 4.98 Å². The van der Waals surface area contributed by atoms with E-state index in [9.17, 15) is 4.79 Å². The lowest BCUT2D eigenvalue weighted by Gasteiger charge is -2.25. The van der Waals surface area contributed by atoms with Crippen molar-refractivity contribution in [2.45, 2.75) is 33.1 Å². The molecule has 0 saturated heterocycles. The van der Waals surface area contributed by atoms with E-state index >= 15 is 0 Å². The summed E-state index contributed by atoms with van der Waals surface area (Å²) in [7, 11) is 0. The highest BCUT2D eigenvalue weighted by molar-refractivity contribution is 5.74. The third kappa shape index (κ3) is 5.55. The van der Waals surface area contributed by atoms with Gasteiger partial charge in [0, 0.05) is 30.9 Å². The molecule has 0 aliphatic carbocycles. The van der Waals surface area contributed by atoms with E-state index in [1.54, 1.807) is 12.4 Å². The molecule has 0 fully saturated rings. The maximum Gasteiger partial charge on any atom is 0.315 e. The van der Waals surface area contributed by atoms with Crippen LogP contribution in [0.2, 0.25) is 0 Å². The summed E-state index contributed by atoms with van der Waals surface area (Å²) < 4.78 is 0. The van der Waals surface area contributed by atoms with Crippen LogP contribution >= 0.6 is 0 Å². The number of nitrogens with one attached hydrogen (secondary N) is 2. The number of carbonyl (C=O) groups is 1. The van der Waals surface area contributed by atoms with Crippen molar-refractivity contribution in [3.63, 3.8) is 0 Å². The number of hydrogen-bond donors (Lipinski definition) is 2. The van der Waals surface area contributed by atoms with Crippen molar-refractivity contribution in [1.29, 1.82) is 0 Å². The number of urea groups is 1. The lowest BCUT2D eigenvalue weighted by atomic mass is 9.85. The van der Waals surface area contributed by atoms with E-state index in [1.165, 1.54) is 5.57 Å². The summed E-state index contributed by atoms with van der Waals surface area (Å²) in [5.74, 6) is 0. The quantitative estimate of drug-likeness (QED) is 0.801. The van der Waals surface area contributed by atoms with E-state index in [1.807, 2.05) is 32.1 Å². The third-order valence-electron chi connectivity index (χ3n) is 2.93. The summed E-state index contributed by atoms with van der Waals surface area (Å²) in [6.45, 7) is 9.34. The van der Waals surface area contributed by atoms with Gasteiger partial charge in [-0.25, -0.2) is 4.79 Å². The van der Waals surface area contributed by atoms with Crippen LogP contribution in [-0.2, 0) is 5.41 Å². The van der Waals surface area contributed by atoms with Crippen LogP contribution in [0.1, 0.15) is 33.3 Å². The zero-order valence-electron chi connectivity index (χ0n) is 12.2. The Bertz CT molecular complexity index is 434. The number of nitrogens with zero attached hydrogens (tertiary/aromatic N) is 1. The highest BCUT2D eigenvalue weighted by atomic mass is 16.2. The molecule has 19 heavy (non-hydrogen) atoms. The zero-order valence-corrected chi connectivity index (χ0v) is 12.2.